The van der Waals surface area contributed by atoms with Gasteiger partial charge in [0.15, 0.2) is 0 Å². The molecule has 2 aliphatic rings. The summed E-state index contributed by atoms with van der Waals surface area (Å²) < 4.78 is 26.1. The van der Waals surface area contributed by atoms with Crippen LogP contribution in [0.15, 0.2) is 56.3 Å². The SMILES string of the molecule is CC(C)S(=O)(=Nc1cc(N2CCOC[C@H]2C)nc2c(C3CCNN3)nccc12)c1ccc(Br)cc1. The van der Waals surface area contributed by atoms with Gasteiger partial charge in [-0.25, -0.2) is 14.6 Å². The number of nitrogens with zero attached hydrogens (tertiary/aromatic N) is 4. The van der Waals surface area contributed by atoms with Crippen molar-refractivity contribution in [3.63, 3.8) is 0 Å². The molecule has 2 aliphatic heterocycles. The number of hydrazine groups is 1. The number of benzene rings is 1. The van der Waals surface area contributed by atoms with E-state index in [-0.39, 0.29) is 17.3 Å². The summed E-state index contributed by atoms with van der Waals surface area (Å²) in [6, 6.07) is 11.8. The summed E-state index contributed by atoms with van der Waals surface area (Å²) in [5, 5.41) is 0.679. The minimum atomic E-state index is -2.75. The second kappa shape index (κ2) is 10.1. The lowest BCUT2D eigenvalue weighted by Gasteiger charge is -2.34. The molecule has 2 N–H and O–H groups in total. The van der Waals surface area contributed by atoms with Gasteiger partial charge in [0.1, 0.15) is 5.82 Å². The summed E-state index contributed by atoms with van der Waals surface area (Å²) in [7, 11) is -2.75. The normalized spacial score (nSPS) is 22.5. The first-order chi connectivity index (χ1) is 16.9. The Bertz CT molecular complexity index is 1330. The number of rotatable bonds is 5. The van der Waals surface area contributed by atoms with Crippen molar-refractivity contribution in [2.75, 3.05) is 31.2 Å². The second-order valence-corrected chi connectivity index (χ2v) is 12.9. The highest BCUT2D eigenvalue weighted by Crippen LogP contribution is 2.36. The van der Waals surface area contributed by atoms with Crippen molar-refractivity contribution >= 4 is 48.1 Å². The molecule has 3 aromatic rings. The number of anilines is 1. The molecule has 0 radical (unpaired) electrons. The van der Waals surface area contributed by atoms with Crippen LogP contribution >= 0.6 is 15.9 Å². The maximum atomic E-state index is 14.4. The number of fused-ring (bicyclic) bond motifs is 1. The highest BCUT2D eigenvalue weighted by molar-refractivity contribution is 9.10. The molecule has 2 unspecified atom stereocenters. The van der Waals surface area contributed by atoms with Gasteiger partial charge in [0, 0.05) is 45.4 Å². The van der Waals surface area contributed by atoms with E-state index in [1.807, 2.05) is 50.2 Å². The van der Waals surface area contributed by atoms with E-state index in [1.165, 1.54) is 0 Å². The van der Waals surface area contributed by atoms with Gasteiger partial charge in [-0.05, 0) is 57.5 Å². The van der Waals surface area contributed by atoms with Crippen LogP contribution in [0, 0.1) is 0 Å². The fourth-order valence-corrected chi connectivity index (χ4v) is 6.68. The molecule has 8 nitrogen and oxygen atoms in total. The Morgan fingerprint density at radius 2 is 2.06 bits per heavy atom. The van der Waals surface area contributed by atoms with Gasteiger partial charge in [0.05, 0.1) is 51.9 Å². The summed E-state index contributed by atoms with van der Waals surface area (Å²) in [6.45, 7) is 8.95. The topological polar surface area (TPSA) is 91.7 Å². The smallest absolute Gasteiger partial charge is 0.131 e. The van der Waals surface area contributed by atoms with Crippen LogP contribution < -0.4 is 15.8 Å². The van der Waals surface area contributed by atoms with Crippen LogP contribution in [0.25, 0.3) is 10.9 Å². The molecule has 35 heavy (non-hydrogen) atoms. The maximum Gasteiger partial charge on any atom is 0.131 e. The Labute approximate surface area is 215 Å². The fraction of sp³-hybridized carbons (Fsp3) is 0.440. The number of hydrogen-bond donors (Lipinski definition) is 2. The third-order valence-corrected chi connectivity index (χ3v) is 9.79. The van der Waals surface area contributed by atoms with Crippen LogP contribution in [0.3, 0.4) is 0 Å². The minimum Gasteiger partial charge on any atom is -0.377 e. The summed E-state index contributed by atoms with van der Waals surface area (Å²) in [5.74, 6) is 0.813. The van der Waals surface area contributed by atoms with E-state index in [0.29, 0.717) is 18.9 Å². The summed E-state index contributed by atoms with van der Waals surface area (Å²) >= 11 is 3.48. The first kappa shape index (κ1) is 24.6. The van der Waals surface area contributed by atoms with Crippen LogP contribution in [-0.4, -0.2) is 51.8 Å². The molecule has 0 bridgehead atoms. The zero-order valence-corrected chi connectivity index (χ0v) is 22.6. The number of morpholine rings is 1. The average Bonchev–Trinajstić information content (AvgIpc) is 3.39. The van der Waals surface area contributed by atoms with E-state index in [1.54, 1.807) is 6.20 Å². The number of aromatic nitrogens is 2. The van der Waals surface area contributed by atoms with Crippen LogP contribution in [0.5, 0.6) is 0 Å². The second-order valence-electron chi connectivity index (χ2n) is 9.28. The number of halogens is 1. The molecule has 186 valence electrons. The van der Waals surface area contributed by atoms with E-state index < -0.39 is 9.73 Å². The molecular formula is C25H31BrN6O2S. The molecule has 0 spiro atoms. The van der Waals surface area contributed by atoms with Crippen LogP contribution in [0.1, 0.15) is 38.9 Å². The zero-order chi connectivity index (χ0) is 24.6. The van der Waals surface area contributed by atoms with E-state index in [9.17, 15) is 4.21 Å². The van der Waals surface area contributed by atoms with Gasteiger partial charge in [0.25, 0.3) is 0 Å². The van der Waals surface area contributed by atoms with Crippen LogP contribution in [0.2, 0.25) is 0 Å². The lowest BCUT2D eigenvalue weighted by Crippen LogP contribution is -2.44. The van der Waals surface area contributed by atoms with Gasteiger partial charge >= 0.3 is 0 Å². The number of pyridine rings is 2. The van der Waals surface area contributed by atoms with Crippen molar-refractivity contribution in [3.8, 4) is 0 Å². The first-order valence-corrected chi connectivity index (χ1v) is 14.4. The lowest BCUT2D eigenvalue weighted by atomic mass is 10.1. The van der Waals surface area contributed by atoms with E-state index in [2.05, 4.69) is 38.6 Å². The maximum absolute atomic E-state index is 14.4. The van der Waals surface area contributed by atoms with Crippen molar-refractivity contribution in [3.05, 3.63) is 52.8 Å². The predicted octanol–water partition coefficient (Wildman–Crippen LogP) is 4.72. The van der Waals surface area contributed by atoms with E-state index in [4.69, 9.17) is 19.1 Å². The molecule has 10 heteroatoms. The molecule has 2 saturated heterocycles. The average molecular weight is 560 g/mol. The van der Waals surface area contributed by atoms with Crippen molar-refractivity contribution in [1.29, 1.82) is 0 Å². The molecule has 2 aromatic heterocycles. The first-order valence-electron chi connectivity index (χ1n) is 12.0. The minimum absolute atomic E-state index is 0.0531. The van der Waals surface area contributed by atoms with E-state index in [0.717, 1.165) is 51.3 Å². The van der Waals surface area contributed by atoms with Gasteiger partial charge in [-0.2, -0.15) is 4.36 Å². The standard InChI is InChI=1S/C25H31BrN6O2S/c1-16(2)35(33,19-6-4-18(26)5-7-19)31-22-14-23(32-12-13-34-15-17(32)3)29-24-20(22)8-10-27-25(24)21-9-11-28-30-21/h4-8,10,14,16-17,21,28,30H,9,11-13,15H2,1-3H3/t17-,21?,35?/m1/s1. The molecule has 0 saturated carbocycles. The molecule has 3 atom stereocenters. The fourth-order valence-electron chi connectivity index (χ4n) is 4.58. The third kappa shape index (κ3) is 4.82. The molecule has 2 fully saturated rings. The Morgan fingerprint density at radius 3 is 2.74 bits per heavy atom. The van der Waals surface area contributed by atoms with Gasteiger partial charge in [-0.15, -0.1) is 0 Å². The van der Waals surface area contributed by atoms with Crippen LogP contribution in [0.4, 0.5) is 11.5 Å². The molecular weight excluding hydrogens is 528 g/mol. The van der Waals surface area contributed by atoms with Crippen molar-refractivity contribution in [1.82, 2.24) is 20.8 Å². The van der Waals surface area contributed by atoms with E-state index >= 15 is 0 Å². The molecule has 0 aliphatic carbocycles. The number of nitrogens with one attached hydrogen (secondary N) is 2. The third-order valence-electron chi connectivity index (χ3n) is 6.57. The number of hydrogen-bond acceptors (Lipinski definition) is 8. The molecule has 4 heterocycles. The Hall–Kier alpha value is -2.11. The Balaban J connectivity index is 1.76. The van der Waals surface area contributed by atoms with Crippen molar-refractivity contribution in [2.45, 2.75) is 49.4 Å². The molecule has 0 amide bonds. The summed E-state index contributed by atoms with van der Waals surface area (Å²) in [5.41, 5.74) is 8.87. The van der Waals surface area contributed by atoms with Crippen LogP contribution in [-0.2, 0) is 14.5 Å². The quantitative estimate of drug-likeness (QED) is 0.467. The largest absolute Gasteiger partial charge is 0.377 e. The van der Waals surface area contributed by atoms with Gasteiger partial charge in [0.2, 0.25) is 0 Å². The molecule has 5 rings (SSSR count). The Morgan fingerprint density at radius 1 is 1.26 bits per heavy atom. The zero-order valence-electron chi connectivity index (χ0n) is 20.2. The summed E-state index contributed by atoms with van der Waals surface area (Å²) in [6.07, 6.45) is 2.71. The van der Waals surface area contributed by atoms with Crippen molar-refractivity contribution < 1.29 is 8.95 Å². The summed E-state index contributed by atoms with van der Waals surface area (Å²) in [4.78, 5) is 12.8. The van der Waals surface area contributed by atoms with Gasteiger partial charge in [-0.3, -0.25) is 10.4 Å². The molecule has 1 aromatic carbocycles. The lowest BCUT2D eigenvalue weighted by molar-refractivity contribution is 0.0986. The highest BCUT2D eigenvalue weighted by atomic mass is 79.9. The van der Waals surface area contributed by atoms with Crippen molar-refractivity contribution in [2.24, 2.45) is 4.36 Å². The number of ether oxygens (including phenoxy) is 1. The monoisotopic (exact) mass is 558 g/mol. The van der Waals surface area contributed by atoms with Gasteiger partial charge < -0.3 is 9.64 Å². The highest BCUT2D eigenvalue weighted by Gasteiger charge is 2.26. The Kier molecular flexibility index (Phi) is 7.09. The predicted molar refractivity (Wildman–Crippen MR) is 143 cm³/mol. The van der Waals surface area contributed by atoms with Gasteiger partial charge in [-0.1, -0.05) is 15.9 Å².